The number of nitrogens with zero attached hydrogens (tertiary/aromatic N) is 1. The Balaban J connectivity index is 2.69. The third-order valence-corrected chi connectivity index (χ3v) is 7.52. The molecule has 0 aromatic heterocycles. The summed E-state index contributed by atoms with van der Waals surface area (Å²) in [6.07, 6.45) is 4.64. The van der Waals surface area contributed by atoms with E-state index in [1.807, 2.05) is 6.92 Å². The molecule has 1 N–H and O–H groups in total. The van der Waals surface area contributed by atoms with Gasteiger partial charge in [-0.2, -0.15) is 0 Å². The van der Waals surface area contributed by atoms with Gasteiger partial charge in [0.05, 0.1) is 19.3 Å². The van der Waals surface area contributed by atoms with E-state index in [0.717, 1.165) is 58.3 Å². The first-order chi connectivity index (χ1) is 15.4. The van der Waals surface area contributed by atoms with Gasteiger partial charge in [0, 0.05) is 32.4 Å². The van der Waals surface area contributed by atoms with E-state index in [9.17, 15) is 9.67 Å². The number of β-amino-alcohol motifs (C(OH)–C–C–N with tert-alkyl or cyclic N) is 1. The molecule has 0 aromatic rings. The minimum Gasteiger partial charge on any atom is -0.389 e. The van der Waals surface area contributed by atoms with Crippen LogP contribution in [0.4, 0.5) is 0 Å². The van der Waals surface area contributed by atoms with Crippen LogP contribution in [-0.2, 0) is 27.8 Å². The lowest BCUT2D eigenvalue weighted by atomic mass is 9.94. The van der Waals surface area contributed by atoms with Crippen LogP contribution in [0, 0.1) is 0 Å². The second kappa shape index (κ2) is 17.4. The number of unbranched alkanes of at least 4 members (excludes halogenated alkanes) is 4. The fourth-order valence-electron chi connectivity index (χ4n) is 4.01. The van der Waals surface area contributed by atoms with Gasteiger partial charge in [0.15, 0.2) is 0 Å². The van der Waals surface area contributed by atoms with Crippen molar-refractivity contribution in [2.45, 2.75) is 97.5 Å². The van der Waals surface area contributed by atoms with Crippen LogP contribution in [-0.4, -0.2) is 86.8 Å². The third kappa shape index (κ3) is 10.9. The molecule has 1 aliphatic rings. The average molecular weight is 482 g/mol. The topological polar surface area (TPSA) is 86.7 Å². The molecule has 0 aliphatic carbocycles. The standard InChI is InChI=1S/C23H48NO7P/c1-6-10-17-28-22-20(5)24(15-13-11-12-14-16-27-7-2)18-21(25)23(22)29-19-32(26,30-8-3)31-9-4/h20-23,25H,6-19H2,1-5H3/t20-,21+,22+,23-/m1/s1. The van der Waals surface area contributed by atoms with E-state index in [0.29, 0.717) is 13.2 Å². The second-order valence-corrected chi connectivity index (χ2v) is 10.3. The van der Waals surface area contributed by atoms with Gasteiger partial charge in [0.2, 0.25) is 0 Å². The van der Waals surface area contributed by atoms with Crippen LogP contribution < -0.4 is 0 Å². The van der Waals surface area contributed by atoms with Crippen LogP contribution in [0.2, 0.25) is 0 Å². The average Bonchev–Trinajstić information content (AvgIpc) is 2.75. The lowest BCUT2D eigenvalue weighted by molar-refractivity contribution is -0.172. The van der Waals surface area contributed by atoms with E-state index in [4.69, 9.17) is 23.3 Å². The van der Waals surface area contributed by atoms with Gasteiger partial charge in [-0.1, -0.05) is 26.2 Å². The van der Waals surface area contributed by atoms with E-state index in [2.05, 4.69) is 18.7 Å². The fourth-order valence-corrected chi connectivity index (χ4v) is 5.37. The zero-order valence-corrected chi connectivity index (χ0v) is 21.9. The Bertz CT molecular complexity index is 501. The lowest BCUT2D eigenvalue weighted by Crippen LogP contribution is -2.62. The van der Waals surface area contributed by atoms with Crippen LogP contribution in [0.5, 0.6) is 0 Å². The van der Waals surface area contributed by atoms with Crippen molar-refractivity contribution >= 4 is 7.60 Å². The molecular weight excluding hydrogens is 433 g/mol. The Kier molecular flexibility index (Phi) is 16.3. The normalized spacial score (nSPS) is 24.8. The largest absolute Gasteiger partial charge is 0.389 e. The molecule has 0 aromatic carbocycles. The van der Waals surface area contributed by atoms with Crippen LogP contribution in [0.15, 0.2) is 0 Å². The minimum atomic E-state index is -3.35. The maximum atomic E-state index is 12.8. The number of piperidine rings is 1. The maximum Gasteiger partial charge on any atom is 0.356 e. The Morgan fingerprint density at radius 3 is 2.19 bits per heavy atom. The van der Waals surface area contributed by atoms with Crippen LogP contribution >= 0.6 is 7.60 Å². The van der Waals surface area contributed by atoms with Crippen LogP contribution in [0.1, 0.15) is 73.1 Å². The summed E-state index contributed by atoms with van der Waals surface area (Å²) in [5, 5.41) is 10.9. The minimum absolute atomic E-state index is 0.0854. The van der Waals surface area contributed by atoms with Crippen molar-refractivity contribution in [1.29, 1.82) is 0 Å². The van der Waals surface area contributed by atoms with Crippen LogP contribution in [0.3, 0.4) is 0 Å². The Morgan fingerprint density at radius 2 is 1.56 bits per heavy atom. The van der Waals surface area contributed by atoms with Gasteiger partial charge in [0.1, 0.15) is 18.6 Å². The summed E-state index contributed by atoms with van der Waals surface area (Å²) in [5.74, 6) is 0. The second-order valence-electron chi connectivity index (χ2n) is 8.31. The Morgan fingerprint density at radius 1 is 0.875 bits per heavy atom. The number of aliphatic hydroxyl groups excluding tert-OH is 1. The molecule has 0 bridgehead atoms. The molecule has 0 radical (unpaired) electrons. The number of likely N-dealkylation sites (tertiary alicyclic amines) is 1. The summed E-state index contributed by atoms with van der Waals surface area (Å²) in [5.41, 5.74) is 0. The number of aliphatic hydroxyl groups is 1. The fraction of sp³-hybridized carbons (Fsp3) is 1.00. The molecule has 1 heterocycles. The Hall–Kier alpha value is -0.0500. The van der Waals surface area contributed by atoms with E-state index in [-0.39, 0.29) is 31.7 Å². The maximum absolute atomic E-state index is 12.8. The molecule has 9 heteroatoms. The highest BCUT2D eigenvalue weighted by atomic mass is 31.2. The number of hydrogen-bond donors (Lipinski definition) is 1. The molecule has 0 saturated carbocycles. The van der Waals surface area contributed by atoms with E-state index < -0.39 is 19.8 Å². The molecule has 1 fully saturated rings. The van der Waals surface area contributed by atoms with Gasteiger partial charge in [-0.25, -0.2) is 0 Å². The van der Waals surface area contributed by atoms with Gasteiger partial charge in [-0.3, -0.25) is 9.46 Å². The molecular formula is C23H48NO7P. The predicted octanol–water partition coefficient (Wildman–Crippen LogP) is 4.44. The number of rotatable bonds is 19. The summed E-state index contributed by atoms with van der Waals surface area (Å²) < 4.78 is 41.1. The van der Waals surface area contributed by atoms with Gasteiger partial charge in [0.25, 0.3) is 0 Å². The molecule has 1 aliphatic heterocycles. The summed E-state index contributed by atoms with van der Waals surface area (Å²) in [6, 6.07) is 0.0854. The first kappa shape index (κ1) is 30.0. The monoisotopic (exact) mass is 481 g/mol. The smallest absolute Gasteiger partial charge is 0.356 e. The van der Waals surface area contributed by atoms with Gasteiger partial charge < -0.3 is 28.4 Å². The van der Waals surface area contributed by atoms with Crippen molar-refractivity contribution in [3.05, 3.63) is 0 Å². The SMILES string of the molecule is CCCCO[C@@H]1[C@H](OCP(=O)(OCC)OCC)[C@@H](O)CN(CCCCCCOCC)[C@@H]1C. The molecule has 4 atom stereocenters. The van der Waals surface area contributed by atoms with Gasteiger partial charge >= 0.3 is 7.60 Å². The molecule has 1 rings (SSSR count). The Labute approximate surface area is 195 Å². The molecule has 0 amide bonds. The summed E-state index contributed by atoms with van der Waals surface area (Å²) in [6.45, 7) is 14.0. The zero-order valence-electron chi connectivity index (χ0n) is 21.0. The highest BCUT2D eigenvalue weighted by Crippen LogP contribution is 2.48. The highest BCUT2D eigenvalue weighted by Gasteiger charge is 2.43. The molecule has 1 saturated heterocycles. The third-order valence-electron chi connectivity index (χ3n) is 5.75. The molecule has 192 valence electrons. The number of hydrogen-bond acceptors (Lipinski definition) is 8. The van der Waals surface area contributed by atoms with Crippen molar-refractivity contribution in [2.75, 3.05) is 52.5 Å². The van der Waals surface area contributed by atoms with Crippen molar-refractivity contribution < 1.29 is 32.9 Å². The summed E-state index contributed by atoms with van der Waals surface area (Å²) >= 11 is 0. The van der Waals surface area contributed by atoms with Gasteiger partial charge in [-0.15, -0.1) is 0 Å². The first-order valence-corrected chi connectivity index (χ1v) is 14.3. The number of ether oxygens (including phenoxy) is 3. The first-order valence-electron chi connectivity index (χ1n) is 12.5. The molecule has 0 unspecified atom stereocenters. The van der Waals surface area contributed by atoms with E-state index >= 15 is 0 Å². The molecule has 32 heavy (non-hydrogen) atoms. The predicted molar refractivity (Wildman–Crippen MR) is 127 cm³/mol. The van der Waals surface area contributed by atoms with E-state index in [1.54, 1.807) is 13.8 Å². The summed E-state index contributed by atoms with van der Waals surface area (Å²) in [4.78, 5) is 2.29. The molecule has 8 nitrogen and oxygen atoms in total. The van der Waals surface area contributed by atoms with Crippen molar-refractivity contribution in [1.82, 2.24) is 4.90 Å². The van der Waals surface area contributed by atoms with Gasteiger partial charge in [-0.05, 0) is 53.5 Å². The summed E-state index contributed by atoms with van der Waals surface area (Å²) in [7, 11) is -3.35. The zero-order chi connectivity index (χ0) is 23.8. The lowest BCUT2D eigenvalue weighted by Gasteiger charge is -2.46. The van der Waals surface area contributed by atoms with Crippen molar-refractivity contribution in [2.24, 2.45) is 0 Å². The molecule has 0 spiro atoms. The van der Waals surface area contributed by atoms with Crippen LogP contribution in [0.25, 0.3) is 0 Å². The quantitative estimate of drug-likeness (QED) is 0.214. The van der Waals surface area contributed by atoms with Crippen molar-refractivity contribution in [3.8, 4) is 0 Å². The van der Waals surface area contributed by atoms with E-state index in [1.165, 1.54) is 0 Å². The highest BCUT2D eigenvalue weighted by molar-refractivity contribution is 7.53. The van der Waals surface area contributed by atoms with Crippen molar-refractivity contribution in [3.63, 3.8) is 0 Å².